The summed E-state index contributed by atoms with van der Waals surface area (Å²) in [5, 5.41) is 3.95. The van der Waals surface area contributed by atoms with Crippen molar-refractivity contribution >= 4 is 57.8 Å². The molecule has 1 fully saturated rings. The standard InChI is InChI=1S/C19H14Cl2N2O2S/c1-2-10-25-13-8-6-12(7-9-13)11-16-18(24)23-19(26-16)22-15-5-3-4-14(20)17(15)21/h2-9,11H,1,10H2,(H,22,23,24)/b16-11+. The van der Waals surface area contributed by atoms with Crippen molar-refractivity contribution in [2.45, 2.75) is 0 Å². The second-order valence-corrected chi connectivity index (χ2v) is 7.04. The molecule has 0 saturated carbocycles. The molecule has 1 aliphatic rings. The van der Waals surface area contributed by atoms with Crippen LogP contribution in [0.25, 0.3) is 6.08 Å². The molecule has 4 nitrogen and oxygen atoms in total. The number of ether oxygens (including phenoxy) is 1. The van der Waals surface area contributed by atoms with Gasteiger partial charge in [0.15, 0.2) is 5.17 Å². The van der Waals surface area contributed by atoms with Gasteiger partial charge >= 0.3 is 0 Å². The van der Waals surface area contributed by atoms with E-state index in [-0.39, 0.29) is 5.91 Å². The number of benzene rings is 2. The molecule has 0 spiro atoms. The van der Waals surface area contributed by atoms with Gasteiger partial charge in [0, 0.05) is 0 Å². The number of halogens is 2. The van der Waals surface area contributed by atoms with E-state index in [0.29, 0.717) is 32.4 Å². The molecule has 0 aromatic heterocycles. The maximum Gasteiger partial charge on any atom is 0.264 e. The third-order valence-electron chi connectivity index (χ3n) is 3.35. The van der Waals surface area contributed by atoms with E-state index in [1.165, 1.54) is 11.8 Å². The minimum absolute atomic E-state index is 0.209. The van der Waals surface area contributed by atoms with Gasteiger partial charge in [-0.25, -0.2) is 4.99 Å². The number of hydrogen-bond donors (Lipinski definition) is 1. The highest BCUT2D eigenvalue weighted by atomic mass is 35.5. The zero-order chi connectivity index (χ0) is 18.5. The topological polar surface area (TPSA) is 50.7 Å². The van der Waals surface area contributed by atoms with E-state index in [1.807, 2.05) is 24.3 Å². The van der Waals surface area contributed by atoms with E-state index >= 15 is 0 Å². The number of thioether (sulfide) groups is 1. The van der Waals surface area contributed by atoms with Gasteiger partial charge in [-0.1, -0.05) is 54.1 Å². The monoisotopic (exact) mass is 404 g/mol. The van der Waals surface area contributed by atoms with Crippen LogP contribution in [-0.2, 0) is 4.79 Å². The molecule has 0 radical (unpaired) electrons. The van der Waals surface area contributed by atoms with Crippen molar-refractivity contribution in [2.75, 3.05) is 6.61 Å². The third-order valence-corrected chi connectivity index (χ3v) is 5.07. The van der Waals surface area contributed by atoms with Crippen molar-refractivity contribution in [1.82, 2.24) is 5.32 Å². The molecule has 26 heavy (non-hydrogen) atoms. The van der Waals surface area contributed by atoms with Crippen LogP contribution in [0.3, 0.4) is 0 Å². The van der Waals surface area contributed by atoms with Gasteiger partial charge in [-0.3, -0.25) is 4.79 Å². The Kier molecular flexibility index (Phi) is 6.04. The molecular weight excluding hydrogens is 391 g/mol. The molecule has 3 rings (SSSR count). The molecule has 2 aromatic rings. The number of nitrogens with one attached hydrogen (secondary N) is 1. The summed E-state index contributed by atoms with van der Waals surface area (Å²) in [6, 6.07) is 12.6. The fraction of sp³-hybridized carbons (Fsp3) is 0.0526. The van der Waals surface area contributed by atoms with Gasteiger partial charge in [0.05, 0.1) is 20.6 Å². The Balaban J connectivity index is 1.77. The molecule has 7 heteroatoms. The molecule has 132 valence electrons. The van der Waals surface area contributed by atoms with Crippen LogP contribution in [-0.4, -0.2) is 17.7 Å². The fourth-order valence-electron chi connectivity index (χ4n) is 2.14. The number of nitrogens with zero attached hydrogens (tertiary/aromatic N) is 1. The Hall–Kier alpha value is -2.21. The van der Waals surface area contributed by atoms with Crippen molar-refractivity contribution in [3.05, 3.63) is 75.6 Å². The molecule has 0 aliphatic carbocycles. The molecule has 1 amide bonds. The minimum Gasteiger partial charge on any atom is -0.490 e. The zero-order valence-corrected chi connectivity index (χ0v) is 15.9. The van der Waals surface area contributed by atoms with E-state index in [1.54, 1.807) is 30.4 Å². The van der Waals surface area contributed by atoms with Crippen LogP contribution in [0.1, 0.15) is 5.56 Å². The molecule has 0 bridgehead atoms. The lowest BCUT2D eigenvalue weighted by molar-refractivity contribution is -0.115. The van der Waals surface area contributed by atoms with Crippen LogP contribution in [0, 0.1) is 0 Å². The summed E-state index contributed by atoms with van der Waals surface area (Å²) >= 11 is 13.4. The molecule has 2 aromatic carbocycles. The molecule has 0 unspecified atom stereocenters. The summed E-state index contributed by atoms with van der Waals surface area (Å²) in [5.41, 5.74) is 1.39. The third kappa shape index (κ3) is 4.49. The van der Waals surface area contributed by atoms with Gasteiger partial charge in [0.2, 0.25) is 0 Å². The highest BCUT2D eigenvalue weighted by Crippen LogP contribution is 2.34. The van der Waals surface area contributed by atoms with E-state index in [2.05, 4.69) is 16.9 Å². The van der Waals surface area contributed by atoms with Gasteiger partial charge in [0.1, 0.15) is 12.4 Å². The number of hydrogen-bond acceptors (Lipinski definition) is 4. The van der Waals surface area contributed by atoms with Crippen LogP contribution in [0.5, 0.6) is 5.75 Å². The molecule has 1 saturated heterocycles. The quantitative estimate of drug-likeness (QED) is 0.532. The number of rotatable bonds is 5. The first-order valence-corrected chi connectivity index (χ1v) is 9.21. The minimum atomic E-state index is -0.209. The van der Waals surface area contributed by atoms with E-state index in [0.717, 1.165) is 11.3 Å². The lowest BCUT2D eigenvalue weighted by atomic mass is 10.2. The van der Waals surface area contributed by atoms with Crippen LogP contribution in [0.2, 0.25) is 10.0 Å². The molecular formula is C19H14Cl2N2O2S. The molecule has 0 atom stereocenters. The molecule has 1 N–H and O–H groups in total. The van der Waals surface area contributed by atoms with Crippen LogP contribution >= 0.6 is 35.0 Å². The summed E-state index contributed by atoms with van der Waals surface area (Å²) < 4.78 is 5.44. The number of carbonyl (C=O) groups excluding carboxylic acids is 1. The Morgan fingerprint density at radius 3 is 2.69 bits per heavy atom. The van der Waals surface area contributed by atoms with Crippen LogP contribution < -0.4 is 10.1 Å². The van der Waals surface area contributed by atoms with Crippen molar-refractivity contribution in [3.63, 3.8) is 0 Å². The Labute approximate surface area is 165 Å². The summed E-state index contributed by atoms with van der Waals surface area (Å²) in [6.07, 6.45) is 3.47. The molecule has 1 heterocycles. The maximum absolute atomic E-state index is 12.2. The van der Waals surface area contributed by atoms with Crippen molar-refractivity contribution in [2.24, 2.45) is 4.99 Å². The normalized spacial score (nSPS) is 16.8. The van der Waals surface area contributed by atoms with Gasteiger partial charge in [-0.2, -0.15) is 0 Å². The van der Waals surface area contributed by atoms with Gasteiger partial charge in [0.25, 0.3) is 5.91 Å². The lowest BCUT2D eigenvalue weighted by Crippen LogP contribution is -2.19. The summed E-state index contributed by atoms with van der Waals surface area (Å²) in [4.78, 5) is 17.1. The number of aliphatic imine (C=N–C) groups is 1. The fourth-order valence-corrected chi connectivity index (χ4v) is 3.31. The van der Waals surface area contributed by atoms with Crippen molar-refractivity contribution < 1.29 is 9.53 Å². The Morgan fingerprint density at radius 2 is 1.96 bits per heavy atom. The van der Waals surface area contributed by atoms with Crippen molar-refractivity contribution in [1.29, 1.82) is 0 Å². The zero-order valence-electron chi connectivity index (χ0n) is 13.5. The highest BCUT2D eigenvalue weighted by Gasteiger charge is 2.24. The Morgan fingerprint density at radius 1 is 1.19 bits per heavy atom. The summed E-state index contributed by atoms with van der Waals surface area (Å²) in [6.45, 7) is 4.06. The number of amidine groups is 1. The second-order valence-electron chi connectivity index (χ2n) is 5.22. The summed E-state index contributed by atoms with van der Waals surface area (Å²) in [5.74, 6) is 0.535. The second kappa shape index (κ2) is 8.45. The van der Waals surface area contributed by atoms with Gasteiger partial charge < -0.3 is 10.1 Å². The van der Waals surface area contributed by atoms with Crippen LogP contribution in [0.4, 0.5) is 5.69 Å². The maximum atomic E-state index is 12.2. The van der Waals surface area contributed by atoms with E-state index in [4.69, 9.17) is 27.9 Å². The average molecular weight is 405 g/mol. The lowest BCUT2D eigenvalue weighted by Gasteiger charge is -2.03. The highest BCUT2D eigenvalue weighted by molar-refractivity contribution is 8.18. The average Bonchev–Trinajstić information content (AvgIpc) is 2.97. The Bertz CT molecular complexity index is 908. The predicted octanol–water partition coefficient (Wildman–Crippen LogP) is 5.45. The van der Waals surface area contributed by atoms with Crippen molar-refractivity contribution in [3.8, 4) is 5.75 Å². The number of carbonyl (C=O) groups is 1. The van der Waals surface area contributed by atoms with Crippen LogP contribution in [0.15, 0.2) is 65.0 Å². The predicted molar refractivity (Wildman–Crippen MR) is 109 cm³/mol. The largest absolute Gasteiger partial charge is 0.490 e. The SMILES string of the molecule is C=CCOc1ccc(/C=C2/SC(=Nc3cccc(Cl)c3Cl)NC2=O)cc1. The van der Waals surface area contributed by atoms with Gasteiger partial charge in [-0.05, 0) is 47.7 Å². The van der Waals surface area contributed by atoms with E-state index < -0.39 is 0 Å². The van der Waals surface area contributed by atoms with E-state index in [9.17, 15) is 4.79 Å². The summed E-state index contributed by atoms with van der Waals surface area (Å²) in [7, 11) is 0. The smallest absolute Gasteiger partial charge is 0.264 e. The van der Waals surface area contributed by atoms with Gasteiger partial charge in [-0.15, -0.1) is 0 Å². The molecule has 1 aliphatic heterocycles. The number of amides is 1. The first kappa shape index (κ1) is 18.6. The first-order chi connectivity index (χ1) is 12.6. The first-order valence-electron chi connectivity index (χ1n) is 7.64.